The Bertz CT molecular complexity index is 1240. The van der Waals surface area contributed by atoms with E-state index in [9.17, 15) is 15.3 Å². The Balaban J connectivity index is 1.75. The van der Waals surface area contributed by atoms with Crippen molar-refractivity contribution in [2.75, 3.05) is 4.90 Å². The van der Waals surface area contributed by atoms with Crippen molar-refractivity contribution in [3.05, 3.63) is 68.8 Å². The molecule has 0 saturated carbocycles. The summed E-state index contributed by atoms with van der Waals surface area (Å²) in [7, 11) is 0. The van der Waals surface area contributed by atoms with Gasteiger partial charge in [-0.1, -0.05) is 12.5 Å². The molecule has 32 heavy (non-hydrogen) atoms. The number of carbonyl (C=O) groups excluding carboxylic acids is 1. The topological polar surface area (TPSA) is 107 Å². The molecule has 3 aliphatic rings. The van der Waals surface area contributed by atoms with Crippen LogP contribution in [0.15, 0.2) is 47.2 Å². The molecule has 0 radical (unpaired) electrons. The molecule has 2 aliphatic carbocycles. The molecule has 160 valence electrons. The third-order valence-corrected chi connectivity index (χ3v) is 7.93. The standard InChI is InChI=1S/C25H23N5OS/c26-12-17-16-7-2-1-3-10-21(16)32-25(17)30-19-8-4-9-20(31)23(19)22(18(13-27)24(30)28)15-6-5-11-29-14-15/h5-6,11,14,22H,1-4,7-10,28H2/t22-/m1/s1. The summed E-state index contributed by atoms with van der Waals surface area (Å²) in [5, 5.41) is 21.0. The van der Waals surface area contributed by atoms with Crippen LogP contribution in [0.5, 0.6) is 0 Å². The number of allylic oxidation sites excluding steroid dienone is 3. The number of fused-ring (bicyclic) bond motifs is 1. The normalized spacial score (nSPS) is 20.9. The van der Waals surface area contributed by atoms with E-state index in [1.165, 1.54) is 11.3 Å². The van der Waals surface area contributed by atoms with Crippen molar-refractivity contribution in [1.29, 1.82) is 10.5 Å². The van der Waals surface area contributed by atoms with Crippen molar-refractivity contribution >= 4 is 22.1 Å². The molecule has 6 nitrogen and oxygen atoms in total. The lowest BCUT2D eigenvalue weighted by Crippen LogP contribution is -2.38. The van der Waals surface area contributed by atoms with Gasteiger partial charge in [0.25, 0.3) is 0 Å². The van der Waals surface area contributed by atoms with Crippen molar-refractivity contribution in [2.24, 2.45) is 5.73 Å². The smallest absolute Gasteiger partial charge is 0.161 e. The molecular weight excluding hydrogens is 418 g/mol. The summed E-state index contributed by atoms with van der Waals surface area (Å²) in [4.78, 5) is 20.5. The number of aromatic nitrogens is 1. The third-order valence-electron chi connectivity index (χ3n) is 6.65. The van der Waals surface area contributed by atoms with Gasteiger partial charge < -0.3 is 5.73 Å². The lowest BCUT2D eigenvalue weighted by atomic mass is 9.76. The van der Waals surface area contributed by atoms with Gasteiger partial charge in [0.05, 0.1) is 23.1 Å². The van der Waals surface area contributed by atoms with Crippen LogP contribution in [0, 0.1) is 22.7 Å². The van der Waals surface area contributed by atoms with Crippen LogP contribution in [0.2, 0.25) is 0 Å². The van der Waals surface area contributed by atoms with E-state index >= 15 is 0 Å². The first-order chi connectivity index (χ1) is 15.7. The monoisotopic (exact) mass is 441 g/mol. The zero-order valence-electron chi connectivity index (χ0n) is 17.7. The van der Waals surface area contributed by atoms with E-state index in [0.29, 0.717) is 35.4 Å². The highest BCUT2D eigenvalue weighted by molar-refractivity contribution is 7.16. The number of Topliss-reactive ketones (excluding diaryl/α,β-unsaturated/α-hetero) is 1. The largest absolute Gasteiger partial charge is 0.384 e. The Morgan fingerprint density at radius 1 is 1.09 bits per heavy atom. The highest BCUT2D eigenvalue weighted by Gasteiger charge is 2.41. The fraction of sp³-hybridized carbons (Fsp3) is 0.360. The zero-order chi connectivity index (χ0) is 22.2. The van der Waals surface area contributed by atoms with Crippen LogP contribution in [0.25, 0.3) is 0 Å². The quantitative estimate of drug-likeness (QED) is 0.683. The minimum absolute atomic E-state index is 0.0435. The number of ketones is 1. The molecule has 3 heterocycles. The number of aryl methyl sites for hydroxylation is 1. The molecule has 7 heteroatoms. The van der Waals surface area contributed by atoms with Gasteiger partial charge in [-0.2, -0.15) is 10.5 Å². The minimum Gasteiger partial charge on any atom is -0.384 e. The molecule has 2 N–H and O–H groups in total. The van der Waals surface area contributed by atoms with E-state index in [1.807, 2.05) is 17.0 Å². The van der Waals surface area contributed by atoms with E-state index in [1.54, 1.807) is 23.7 Å². The number of pyridine rings is 1. The summed E-state index contributed by atoms with van der Waals surface area (Å²) in [5.41, 5.74) is 11.0. The number of nitrogens with two attached hydrogens (primary N) is 1. The van der Waals surface area contributed by atoms with Gasteiger partial charge in [0.15, 0.2) is 5.78 Å². The number of rotatable bonds is 2. The number of nitriles is 2. The average Bonchev–Trinajstić information content (AvgIpc) is 2.98. The molecular formula is C25H23N5OS. The maximum absolute atomic E-state index is 13.2. The lowest BCUT2D eigenvalue weighted by molar-refractivity contribution is -0.116. The van der Waals surface area contributed by atoms with Crippen molar-refractivity contribution in [1.82, 2.24) is 4.98 Å². The lowest BCUT2D eigenvalue weighted by Gasteiger charge is -2.39. The maximum Gasteiger partial charge on any atom is 0.161 e. The van der Waals surface area contributed by atoms with Crippen LogP contribution in [-0.4, -0.2) is 10.8 Å². The van der Waals surface area contributed by atoms with Gasteiger partial charge in [-0.3, -0.25) is 14.7 Å². The van der Waals surface area contributed by atoms with E-state index < -0.39 is 5.92 Å². The Morgan fingerprint density at radius 2 is 1.94 bits per heavy atom. The summed E-state index contributed by atoms with van der Waals surface area (Å²) in [6.45, 7) is 0. The van der Waals surface area contributed by atoms with Gasteiger partial charge in [0.2, 0.25) is 0 Å². The third kappa shape index (κ3) is 3.13. The first-order valence-electron chi connectivity index (χ1n) is 11.1. The second kappa shape index (κ2) is 8.26. The second-order valence-corrected chi connectivity index (χ2v) is 9.54. The molecule has 0 fully saturated rings. The highest BCUT2D eigenvalue weighted by Crippen LogP contribution is 2.49. The molecule has 0 bridgehead atoms. The fourth-order valence-electron chi connectivity index (χ4n) is 5.20. The van der Waals surface area contributed by atoms with Crippen LogP contribution in [-0.2, 0) is 17.6 Å². The van der Waals surface area contributed by atoms with Gasteiger partial charge in [-0.15, -0.1) is 11.3 Å². The van der Waals surface area contributed by atoms with Crippen LogP contribution in [0.3, 0.4) is 0 Å². The number of hydrogen-bond acceptors (Lipinski definition) is 7. The number of hydrogen-bond donors (Lipinski definition) is 1. The van der Waals surface area contributed by atoms with Crippen molar-refractivity contribution in [3.8, 4) is 12.1 Å². The van der Waals surface area contributed by atoms with Crippen LogP contribution in [0.4, 0.5) is 5.00 Å². The molecule has 1 aliphatic heterocycles. The Morgan fingerprint density at radius 3 is 2.69 bits per heavy atom. The number of anilines is 1. The summed E-state index contributed by atoms with van der Waals surface area (Å²) < 4.78 is 0. The maximum atomic E-state index is 13.2. The van der Waals surface area contributed by atoms with E-state index in [0.717, 1.165) is 53.9 Å². The van der Waals surface area contributed by atoms with Gasteiger partial charge in [0, 0.05) is 35.0 Å². The molecule has 0 unspecified atom stereocenters. The molecule has 5 rings (SSSR count). The van der Waals surface area contributed by atoms with Gasteiger partial charge in [-0.25, -0.2) is 0 Å². The first-order valence-corrected chi connectivity index (χ1v) is 11.9. The van der Waals surface area contributed by atoms with Gasteiger partial charge >= 0.3 is 0 Å². The van der Waals surface area contributed by atoms with Crippen molar-refractivity contribution in [3.63, 3.8) is 0 Å². The number of nitrogens with zero attached hydrogens (tertiary/aromatic N) is 4. The highest BCUT2D eigenvalue weighted by atomic mass is 32.1. The molecule has 0 saturated heterocycles. The zero-order valence-corrected chi connectivity index (χ0v) is 18.5. The summed E-state index contributed by atoms with van der Waals surface area (Å²) >= 11 is 1.60. The van der Waals surface area contributed by atoms with Gasteiger partial charge in [-0.05, 0) is 55.7 Å². The Hall–Kier alpha value is -3.42. The van der Waals surface area contributed by atoms with Crippen LogP contribution >= 0.6 is 11.3 Å². The fourth-order valence-corrected chi connectivity index (χ4v) is 6.58. The molecule has 2 aromatic rings. The molecule has 0 amide bonds. The van der Waals surface area contributed by atoms with E-state index in [-0.39, 0.29) is 5.78 Å². The molecule has 2 aromatic heterocycles. The number of carbonyl (C=O) groups is 1. The van der Waals surface area contributed by atoms with Gasteiger partial charge in [0.1, 0.15) is 16.9 Å². The Labute approximate surface area is 191 Å². The Kier molecular flexibility index (Phi) is 5.28. The van der Waals surface area contributed by atoms with Crippen molar-refractivity contribution in [2.45, 2.75) is 57.3 Å². The summed E-state index contributed by atoms with van der Waals surface area (Å²) in [6.07, 6.45) is 10.4. The summed E-state index contributed by atoms with van der Waals surface area (Å²) in [6, 6.07) is 8.40. The van der Waals surface area contributed by atoms with Crippen LogP contribution in [0.1, 0.15) is 66.0 Å². The average molecular weight is 442 g/mol. The van der Waals surface area contributed by atoms with E-state index in [2.05, 4.69) is 17.1 Å². The molecule has 1 atom stereocenters. The minimum atomic E-state index is -0.518. The SMILES string of the molecule is N#CC1=C(N)N(c2sc3c(c2C#N)CCCCC3)C2=C(C(=O)CCC2)[C@@H]1c1cccnc1. The predicted octanol–water partition coefficient (Wildman–Crippen LogP) is 4.59. The molecule has 0 spiro atoms. The second-order valence-electron chi connectivity index (χ2n) is 8.46. The number of thiophene rings is 1. The van der Waals surface area contributed by atoms with E-state index in [4.69, 9.17) is 5.73 Å². The van der Waals surface area contributed by atoms with Crippen molar-refractivity contribution < 1.29 is 4.79 Å². The molecule has 0 aromatic carbocycles. The predicted molar refractivity (Wildman–Crippen MR) is 122 cm³/mol. The van der Waals surface area contributed by atoms with Crippen LogP contribution < -0.4 is 10.6 Å². The first kappa shape index (κ1) is 20.5. The summed E-state index contributed by atoms with van der Waals surface area (Å²) in [5.74, 6) is -0.152.